The van der Waals surface area contributed by atoms with Gasteiger partial charge in [0, 0.05) is 28.1 Å². The van der Waals surface area contributed by atoms with Crippen LogP contribution >= 0.6 is 11.6 Å². The molecular formula is C18H15ClNO+. The van der Waals surface area contributed by atoms with Gasteiger partial charge in [0.25, 0.3) is 0 Å². The standard InChI is InChI=1S/C18H15ClNO/c1-13-4-9-17-15(11-13)3-2-10-20(17)12-18(21)14-5-7-16(19)8-6-14/h2-11H,12H2,1H3/q+1. The maximum absolute atomic E-state index is 12.4. The van der Waals surface area contributed by atoms with Crippen LogP contribution in [-0.4, -0.2) is 5.78 Å². The third kappa shape index (κ3) is 2.96. The van der Waals surface area contributed by atoms with Gasteiger partial charge in [-0.15, -0.1) is 0 Å². The van der Waals surface area contributed by atoms with E-state index in [1.54, 1.807) is 24.3 Å². The summed E-state index contributed by atoms with van der Waals surface area (Å²) in [7, 11) is 0. The first-order valence-corrected chi connectivity index (χ1v) is 7.19. The molecule has 3 rings (SSSR count). The maximum Gasteiger partial charge on any atom is 0.227 e. The van der Waals surface area contributed by atoms with Crippen molar-refractivity contribution in [2.75, 3.05) is 0 Å². The normalized spacial score (nSPS) is 10.8. The van der Waals surface area contributed by atoms with Crippen molar-refractivity contribution in [3.63, 3.8) is 0 Å². The molecule has 0 saturated carbocycles. The highest BCUT2D eigenvalue weighted by atomic mass is 35.5. The Morgan fingerprint density at radius 2 is 1.86 bits per heavy atom. The van der Waals surface area contributed by atoms with Gasteiger partial charge in [0.2, 0.25) is 17.8 Å². The SMILES string of the molecule is Cc1ccc2c(ccc[n+]2CC(=O)c2ccc(Cl)cc2)c1. The molecule has 0 aliphatic carbocycles. The average molecular weight is 297 g/mol. The van der Waals surface area contributed by atoms with E-state index in [2.05, 4.69) is 31.2 Å². The van der Waals surface area contributed by atoms with Crippen molar-refractivity contribution in [2.45, 2.75) is 13.5 Å². The summed E-state index contributed by atoms with van der Waals surface area (Å²) in [5.41, 5.74) is 2.95. The van der Waals surface area contributed by atoms with E-state index in [0.717, 1.165) is 10.9 Å². The molecule has 104 valence electrons. The van der Waals surface area contributed by atoms with Crippen LogP contribution in [0.3, 0.4) is 0 Å². The Balaban J connectivity index is 1.94. The van der Waals surface area contributed by atoms with Crippen LogP contribution in [0.2, 0.25) is 5.02 Å². The molecule has 0 aliphatic rings. The molecule has 0 aliphatic heterocycles. The number of halogens is 1. The number of aromatic nitrogens is 1. The summed E-state index contributed by atoms with van der Waals surface area (Å²) in [6.45, 7) is 2.39. The molecule has 0 bridgehead atoms. The fraction of sp³-hybridized carbons (Fsp3) is 0.111. The van der Waals surface area contributed by atoms with E-state index in [-0.39, 0.29) is 5.78 Å². The molecule has 0 atom stereocenters. The molecular weight excluding hydrogens is 282 g/mol. The Kier molecular flexibility index (Phi) is 3.72. The van der Waals surface area contributed by atoms with Crippen LogP contribution in [0.5, 0.6) is 0 Å². The summed E-state index contributed by atoms with van der Waals surface area (Å²) in [5, 5.41) is 1.78. The number of carbonyl (C=O) groups excluding carboxylic acids is 1. The van der Waals surface area contributed by atoms with Gasteiger partial charge in [-0.2, -0.15) is 4.57 Å². The van der Waals surface area contributed by atoms with Gasteiger partial charge in [-0.25, -0.2) is 0 Å². The molecule has 2 aromatic carbocycles. The summed E-state index contributed by atoms with van der Waals surface area (Å²) in [6.07, 6.45) is 1.94. The summed E-state index contributed by atoms with van der Waals surface area (Å²) < 4.78 is 1.98. The first kappa shape index (κ1) is 13.8. The zero-order valence-electron chi connectivity index (χ0n) is 11.7. The number of benzene rings is 2. The molecule has 2 nitrogen and oxygen atoms in total. The summed E-state index contributed by atoms with van der Waals surface area (Å²) in [5.74, 6) is 0.0738. The molecule has 0 radical (unpaired) electrons. The van der Waals surface area contributed by atoms with Gasteiger partial charge in [-0.3, -0.25) is 4.79 Å². The lowest BCUT2D eigenvalue weighted by Gasteiger charge is -2.02. The van der Waals surface area contributed by atoms with Crippen LogP contribution in [0.25, 0.3) is 10.9 Å². The second kappa shape index (κ2) is 5.66. The summed E-state index contributed by atoms with van der Waals surface area (Å²) >= 11 is 5.85. The van der Waals surface area contributed by atoms with E-state index in [9.17, 15) is 4.79 Å². The number of ketones is 1. The Morgan fingerprint density at radius 3 is 2.62 bits per heavy atom. The predicted octanol–water partition coefficient (Wildman–Crippen LogP) is 3.97. The first-order chi connectivity index (χ1) is 10.1. The fourth-order valence-corrected chi connectivity index (χ4v) is 2.55. The molecule has 3 aromatic rings. The van der Waals surface area contributed by atoms with Crippen molar-refractivity contribution < 1.29 is 9.36 Å². The molecule has 1 aromatic heterocycles. The molecule has 0 unspecified atom stereocenters. The molecule has 0 fully saturated rings. The molecule has 0 amide bonds. The molecule has 0 saturated heterocycles. The van der Waals surface area contributed by atoms with E-state index >= 15 is 0 Å². The maximum atomic E-state index is 12.4. The van der Waals surface area contributed by atoms with Gasteiger partial charge >= 0.3 is 0 Å². The monoisotopic (exact) mass is 296 g/mol. The quantitative estimate of drug-likeness (QED) is 0.529. The zero-order chi connectivity index (χ0) is 14.8. The number of nitrogens with zero attached hydrogens (tertiary/aromatic N) is 1. The van der Waals surface area contributed by atoms with Crippen LogP contribution in [0, 0.1) is 6.92 Å². The average Bonchev–Trinajstić information content (AvgIpc) is 2.47. The van der Waals surface area contributed by atoms with Crippen molar-refractivity contribution in [2.24, 2.45) is 0 Å². The van der Waals surface area contributed by atoms with E-state index in [1.807, 2.05) is 16.8 Å². The first-order valence-electron chi connectivity index (χ1n) is 6.81. The second-order valence-corrected chi connectivity index (χ2v) is 5.56. The van der Waals surface area contributed by atoms with Crippen molar-refractivity contribution in [1.82, 2.24) is 0 Å². The molecule has 3 heteroatoms. The lowest BCUT2D eigenvalue weighted by atomic mass is 10.1. The van der Waals surface area contributed by atoms with Gasteiger partial charge in [-0.05, 0) is 43.3 Å². The number of rotatable bonds is 3. The number of Topliss-reactive ketones (excluding diaryl/α,β-unsaturated/α-hetero) is 1. The number of hydrogen-bond acceptors (Lipinski definition) is 1. The second-order valence-electron chi connectivity index (χ2n) is 5.13. The molecule has 0 spiro atoms. The van der Waals surface area contributed by atoms with Gasteiger partial charge in [0.15, 0.2) is 6.20 Å². The van der Waals surface area contributed by atoms with Crippen molar-refractivity contribution >= 4 is 28.3 Å². The highest BCUT2D eigenvalue weighted by Crippen LogP contribution is 2.13. The Morgan fingerprint density at radius 1 is 1.10 bits per heavy atom. The van der Waals surface area contributed by atoms with E-state index < -0.39 is 0 Å². The molecule has 21 heavy (non-hydrogen) atoms. The highest BCUT2D eigenvalue weighted by molar-refractivity contribution is 6.30. The van der Waals surface area contributed by atoms with Crippen molar-refractivity contribution in [1.29, 1.82) is 0 Å². The van der Waals surface area contributed by atoms with Crippen LogP contribution < -0.4 is 4.57 Å². The fourth-order valence-electron chi connectivity index (χ4n) is 2.42. The number of pyridine rings is 1. The topological polar surface area (TPSA) is 20.9 Å². The Labute approximate surface area is 128 Å². The van der Waals surface area contributed by atoms with Crippen LogP contribution in [-0.2, 0) is 6.54 Å². The van der Waals surface area contributed by atoms with Crippen molar-refractivity contribution in [3.8, 4) is 0 Å². The smallest absolute Gasteiger partial charge is 0.227 e. The number of aryl methyl sites for hydroxylation is 1. The number of hydrogen-bond donors (Lipinski definition) is 0. The lowest BCUT2D eigenvalue weighted by Crippen LogP contribution is -2.38. The van der Waals surface area contributed by atoms with Gasteiger partial charge in [-0.1, -0.05) is 23.2 Å². The Hall–Kier alpha value is -2.19. The van der Waals surface area contributed by atoms with Crippen LogP contribution in [0.15, 0.2) is 60.8 Å². The third-order valence-electron chi connectivity index (χ3n) is 3.51. The number of fused-ring (bicyclic) bond motifs is 1. The van der Waals surface area contributed by atoms with Crippen molar-refractivity contribution in [3.05, 3.63) is 76.9 Å². The highest BCUT2D eigenvalue weighted by Gasteiger charge is 2.15. The largest absolute Gasteiger partial charge is 0.287 e. The van der Waals surface area contributed by atoms with Gasteiger partial charge in [0.05, 0.1) is 0 Å². The minimum absolute atomic E-state index is 0.0738. The zero-order valence-corrected chi connectivity index (χ0v) is 12.5. The Bertz CT molecular complexity index is 809. The number of carbonyl (C=O) groups is 1. The molecule has 0 N–H and O–H groups in total. The minimum atomic E-state index is 0.0738. The van der Waals surface area contributed by atoms with Gasteiger partial charge < -0.3 is 0 Å². The minimum Gasteiger partial charge on any atom is -0.287 e. The summed E-state index contributed by atoms with van der Waals surface area (Å²) in [4.78, 5) is 12.4. The van der Waals surface area contributed by atoms with E-state index in [1.165, 1.54) is 5.56 Å². The van der Waals surface area contributed by atoms with E-state index in [0.29, 0.717) is 17.1 Å². The van der Waals surface area contributed by atoms with Gasteiger partial charge in [0.1, 0.15) is 0 Å². The third-order valence-corrected chi connectivity index (χ3v) is 3.77. The lowest BCUT2D eigenvalue weighted by molar-refractivity contribution is -0.657. The van der Waals surface area contributed by atoms with E-state index in [4.69, 9.17) is 11.6 Å². The van der Waals surface area contributed by atoms with Crippen LogP contribution in [0.1, 0.15) is 15.9 Å². The van der Waals surface area contributed by atoms with Crippen LogP contribution in [0.4, 0.5) is 0 Å². The predicted molar refractivity (Wildman–Crippen MR) is 84.7 cm³/mol. The molecule has 1 heterocycles. The summed E-state index contributed by atoms with van der Waals surface area (Å²) in [6, 6.07) is 17.3.